The van der Waals surface area contributed by atoms with Crippen LogP contribution in [0.5, 0.6) is 0 Å². The number of carbonyl (C=O) groups is 1. The smallest absolute Gasteiger partial charge is 0.227 e. The minimum atomic E-state index is 0.260. The summed E-state index contributed by atoms with van der Waals surface area (Å²) in [5.41, 5.74) is 3.86. The fourth-order valence-corrected chi connectivity index (χ4v) is 2.18. The number of benzene rings is 1. The van der Waals surface area contributed by atoms with Crippen LogP contribution in [0.1, 0.15) is 43.4 Å². The van der Waals surface area contributed by atoms with Gasteiger partial charge >= 0.3 is 0 Å². The van der Waals surface area contributed by atoms with Crippen molar-refractivity contribution in [3.05, 3.63) is 34.9 Å². The van der Waals surface area contributed by atoms with E-state index in [2.05, 4.69) is 32.0 Å². The molecular weight excluding hydrogens is 198 g/mol. The first-order valence-corrected chi connectivity index (χ1v) is 6.01. The molecule has 0 atom stereocenters. The van der Waals surface area contributed by atoms with Crippen molar-refractivity contribution >= 4 is 5.91 Å². The Morgan fingerprint density at radius 3 is 2.69 bits per heavy atom. The van der Waals surface area contributed by atoms with Crippen LogP contribution in [0.3, 0.4) is 0 Å². The summed E-state index contributed by atoms with van der Waals surface area (Å²) in [5, 5.41) is 0. The second kappa shape index (κ2) is 4.28. The summed E-state index contributed by atoms with van der Waals surface area (Å²) in [5.74, 6) is 0.792. The maximum Gasteiger partial charge on any atom is 0.227 e. The van der Waals surface area contributed by atoms with Gasteiger partial charge in [-0.15, -0.1) is 0 Å². The van der Waals surface area contributed by atoms with E-state index in [-0.39, 0.29) is 5.91 Å². The van der Waals surface area contributed by atoms with Crippen molar-refractivity contribution in [2.45, 2.75) is 39.7 Å². The molecule has 1 aliphatic rings. The third-order valence-electron chi connectivity index (χ3n) is 3.33. The van der Waals surface area contributed by atoms with Crippen LogP contribution < -0.4 is 0 Å². The van der Waals surface area contributed by atoms with Gasteiger partial charge in [-0.25, -0.2) is 0 Å². The van der Waals surface area contributed by atoms with Crippen molar-refractivity contribution in [1.29, 1.82) is 0 Å². The van der Waals surface area contributed by atoms with Crippen LogP contribution in [0.25, 0.3) is 0 Å². The first kappa shape index (κ1) is 11.2. The van der Waals surface area contributed by atoms with E-state index in [0.717, 1.165) is 13.1 Å². The molecule has 0 bridgehead atoms. The summed E-state index contributed by atoms with van der Waals surface area (Å²) < 4.78 is 0. The molecule has 0 aromatic heterocycles. The average molecular weight is 217 g/mol. The Bertz CT molecular complexity index is 409. The van der Waals surface area contributed by atoms with E-state index in [1.165, 1.54) is 16.7 Å². The molecular formula is C14H19NO. The summed E-state index contributed by atoms with van der Waals surface area (Å²) in [6.07, 6.45) is 0.573. The van der Waals surface area contributed by atoms with Gasteiger partial charge in [0.15, 0.2) is 0 Å². The molecule has 1 amide bonds. The second-order valence-corrected chi connectivity index (χ2v) is 4.77. The van der Waals surface area contributed by atoms with Crippen LogP contribution in [0.15, 0.2) is 18.2 Å². The van der Waals surface area contributed by atoms with Crippen molar-refractivity contribution < 1.29 is 4.79 Å². The van der Waals surface area contributed by atoms with Gasteiger partial charge in [-0.05, 0) is 29.5 Å². The number of amides is 1. The minimum absolute atomic E-state index is 0.260. The third kappa shape index (κ3) is 1.97. The van der Waals surface area contributed by atoms with Gasteiger partial charge in [-0.1, -0.05) is 32.0 Å². The molecule has 1 aromatic carbocycles. The van der Waals surface area contributed by atoms with E-state index in [0.29, 0.717) is 12.3 Å². The van der Waals surface area contributed by atoms with E-state index in [4.69, 9.17) is 0 Å². The van der Waals surface area contributed by atoms with Crippen molar-refractivity contribution in [1.82, 2.24) is 4.90 Å². The Balaban J connectivity index is 2.32. The van der Waals surface area contributed by atoms with Crippen molar-refractivity contribution in [2.75, 3.05) is 6.54 Å². The predicted molar refractivity (Wildman–Crippen MR) is 65.3 cm³/mol. The van der Waals surface area contributed by atoms with E-state index in [9.17, 15) is 4.79 Å². The van der Waals surface area contributed by atoms with Gasteiger partial charge in [0, 0.05) is 13.1 Å². The molecule has 0 N–H and O–H groups in total. The summed E-state index contributed by atoms with van der Waals surface area (Å²) in [4.78, 5) is 13.7. The van der Waals surface area contributed by atoms with Gasteiger partial charge in [-0.3, -0.25) is 4.79 Å². The molecule has 0 radical (unpaired) electrons. The first-order valence-electron chi connectivity index (χ1n) is 6.01. The van der Waals surface area contributed by atoms with Crippen LogP contribution >= 0.6 is 0 Å². The lowest BCUT2D eigenvalue weighted by Gasteiger charge is -2.28. The Morgan fingerprint density at radius 2 is 2.06 bits per heavy atom. The Kier molecular flexibility index (Phi) is 2.99. The first-order chi connectivity index (χ1) is 7.61. The van der Waals surface area contributed by atoms with Crippen LogP contribution in [-0.4, -0.2) is 17.4 Å². The van der Waals surface area contributed by atoms with Gasteiger partial charge in [-0.2, -0.15) is 0 Å². The topological polar surface area (TPSA) is 20.3 Å². The lowest BCUT2D eigenvalue weighted by molar-refractivity contribution is -0.131. The summed E-state index contributed by atoms with van der Waals surface area (Å²) in [6.45, 7) is 7.99. The molecule has 2 nitrogen and oxygen atoms in total. The molecule has 0 unspecified atom stereocenters. The number of fused-ring (bicyclic) bond motifs is 1. The molecule has 0 saturated carbocycles. The van der Waals surface area contributed by atoms with E-state index >= 15 is 0 Å². The molecule has 2 heteroatoms. The lowest BCUT2D eigenvalue weighted by atomic mass is 9.93. The van der Waals surface area contributed by atoms with Crippen LogP contribution in [0.4, 0.5) is 0 Å². The van der Waals surface area contributed by atoms with Crippen LogP contribution in [-0.2, 0) is 17.8 Å². The maximum absolute atomic E-state index is 11.8. The van der Waals surface area contributed by atoms with Crippen LogP contribution in [0.2, 0.25) is 0 Å². The van der Waals surface area contributed by atoms with Crippen molar-refractivity contribution in [2.24, 2.45) is 0 Å². The van der Waals surface area contributed by atoms with Crippen molar-refractivity contribution in [3.8, 4) is 0 Å². The fourth-order valence-electron chi connectivity index (χ4n) is 2.18. The number of likely N-dealkylation sites (N-methyl/N-ethyl adjacent to an activating group) is 1. The molecule has 0 spiro atoms. The molecule has 0 saturated heterocycles. The largest absolute Gasteiger partial charge is 0.338 e. The zero-order valence-corrected chi connectivity index (χ0v) is 10.3. The molecule has 1 heterocycles. The highest BCUT2D eigenvalue weighted by Crippen LogP contribution is 2.24. The number of hydrogen-bond acceptors (Lipinski definition) is 1. The number of hydrogen-bond donors (Lipinski definition) is 0. The van der Waals surface area contributed by atoms with Gasteiger partial charge in [0.2, 0.25) is 5.91 Å². The van der Waals surface area contributed by atoms with E-state index < -0.39 is 0 Å². The highest BCUT2D eigenvalue weighted by atomic mass is 16.2. The highest BCUT2D eigenvalue weighted by Gasteiger charge is 2.21. The average Bonchev–Trinajstić information content (AvgIpc) is 2.27. The summed E-state index contributed by atoms with van der Waals surface area (Å²) in [7, 11) is 0. The standard InChI is InChI=1S/C14H19NO/c1-4-15-9-12-6-5-11(10(2)3)7-13(12)8-14(15)16/h5-7,10H,4,8-9H2,1-3H3. The molecule has 16 heavy (non-hydrogen) atoms. The molecule has 1 aliphatic heterocycles. The highest BCUT2D eigenvalue weighted by molar-refractivity contribution is 5.80. The normalized spacial score (nSPS) is 15.5. The van der Waals surface area contributed by atoms with Gasteiger partial charge < -0.3 is 4.90 Å². The second-order valence-electron chi connectivity index (χ2n) is 4.77. The fraction of sp³-hybridized carbons (Fsp3) is 0.500. The zero-order chi connectivity index (χ0) is 11.7. The molecule has 0 fully saturated rings. The molecule has 1 aromatic rings. The number of rotatable bonds is 2. The van der Waals surface area contributed by atoms with Gasteiger partial charge in [0.05, 0.1) is 6.42 Å². The van der Waals surface area contributed by atoms with Gasteiger partial charge in [0.25, 0.3) is 0 Å². The Labute approximate surface area is 97.3 Å². The molecule has 0 aliphatic carbocycles. The maximum atomic E-state index is 11.8. The zero-order valence-electron chi connectivity index (χ0n) is 10.3. The Hall–Kier alpha value is -1.31. The van der Waals surface area contributed by atoms with Crippen LogP contribution in [0, 0.1) is 0 Å². The van der Waals surface area contributed by atoms with E-state index in [1.807, 2.05) is 11.8 Å². The minimum Gasteiger partial charge on any atom is -0.338 e. The SMILES string of the molecule is CCN1Cc2ccc(C(C)C)cc2CC1=O. The lowest BCUT2D eigenvalue weighted by Crippen LogP contribution is -2.35. The van der Waals surface area contributed by atoms with Crippen molar-refractivity contribution in [3.63, 3.8) is 0 Å². The number of nitrogens with zero attached hydrogens (tertiary/aromatic N) is 1. The van der Waals surface area contributed by atoms with E-state index in [1.54, 1.807) is 0 Å². The third-order valence-corrected chi connectivity index (χ3v) is 3.33. The summed E-state index contributed by atoms with van der Waals surface area (Å²) in [6, 6.07) is 6.57. The quantitative estimate of drug-likeness (QED) is 0.746. The molecule has 2 rings (SSSR count). The predicted octanol–water partition coefficient (Wildman–Crippen LogP) is 2.71. The number of carbonyl (C=O) groups excluding carboxylic acids is 1. The monoisotopic (exact) mass is 217 g/mol. The Morgan fingerprint density at radius 1 is 1.31 bits per heavy atom. The van der Waals surface area contributed by atoms with Gasteiger partial charge in [0.1, 0.15) is 0 Å². The molecule has 86 valence electrons. The summed E-state index contributed by atoms with van der Waals surface area (Å²) >= 11 is 0.